The molecule has 0 spiro atoms. The molecule has 3 aliphatic carbocycles. The number of aliphatic hydroxyl groups is 1. The quantitative estimate of drug-likeness (QED) is 0.380. The number of hydrogen-bond donors (Lipinski definition) is 4. The molecule has 2 aromatic heterocycles. The molecule has 8 nitrogen and oxygen atoms in total. The van der Waals surface area contributed by atoms with Gasteiger partial charge in [0.2, 0.25) is 0 Å². The minimum absolute atomic E-state index is 0.250. The van der Waals surface area contributed by atoms with Crippen molar-refractivity contribution in [2.75, 3.05) is 12.3 Å². The molecular weight excluding hydrogens is 390 g/mol. The van der Waals surface area contributed by atoms with Crippen LogP contribution in [0.15, 0.2) is 18.6 Å². The van der Waals surface area contributed by atoms with Gasteiger partial charge in [0.05, 0.1) is 17.3 Å². The summed E-state index contributed by atoms with van der Waals surface area (Å²) >= 11 is 0. The van der Waals surface area contributed by atoms with Crippen molar-refractivity contribution in [2.45, 2.75) is 82.0 Å². The van der Waals surface area contributed by atoms with Crippen LogP contribution in [0.3, 0.4) is 0 Å². The van der Waals surface area contributed by atoms with Crippen molar-refractivity contribution in [1.82, 2.24) is 19.4 Å². The molecule has 3 saturated carbocycles. The second-order valence-electron chi connectivity index (χ2n) is 10.0. The molecule has 0 aliphatic heterocycles. The molecule has 0 saturated heterocycles. The summed E-state index contributed by atoms with van der Waals surface area (Å²) in [5.41, 5.74) is 12.4. The third-order valence-corrected chi connectivity index (χ3v) is 8.06. The zero-order valence-corrected chi connectivity index (χ0v) is 18.2. The summed E-state index contributed by atoms with van der Waals surface area (Å²) in [4.78, 5) is 11.3. The molecule has 0 radical (unpaired) electrons. The highest BCUT2D eigenvalue weighted by Crippen LogP contribution is 2.43. The molecule has 2 aromatic rings. The smallest absolute Gasteiger partial charge is 0.145 e. The number of nitrogens with two attached hydrogens (primary N) is 2. The maximum absolute atomic E-state index is 10.9. The molecular formula is C23H35N7O. The van der Waals surface area contributed by atoms with E-state index in [4.69, 9.17) is 16.9 Å². The average Bonchev–Trinajstić information content (AvgIpc) is 3.23. The van der Waals surface area contributed by atoms with Gasteiger partial charge >= 0.3 is 0 Å². The van der Waals surface area contributed by atoms with E-state index in [0.29, 0.717) is 35.6 Å². The van der Waals surface area contributed by atoms with E-state index >= 15 is 0 Å². The van der Waals surface area contributed by atoms with E-state index in [1.165, 1.54) is 38.4 Å². The van der Waals surface area contributed by atoms with E-state index in [1.54, 1.807) is 0 Å². The summed E-state index contributed by atoms with van der Waals surface area (Å²) in [6.07, 6.45) is 13.1. The van der Waals surface area contributed by atoms with Gasteiger partial charge in [-0.25, -0.2) is 9.97 Å². The Morgan fingerprint density at radius 2 is 2.00 bits per heavy atom. The van der Waals surface area contributed by atoms with Gasteiger partial charge < -0.3 is 21.1 Å². The Bertz CT molecular complexity index is 933. The summed E-state index contributed by atoms with van der Waals surface area (Å²) in [5, 5.41) is 19.3. The molecule has 3 aliphatic rings. The largest absolute Gasteiger partial charge is 0.393 e. The van der Waals surface area contributed by atoms with Gasteiger partial charge in [0, 0.05) is 37.3 Å². The number of aliphatic hydroxyl groups excluding tert-OH is 1. The maximum Gasteiger partial charge on any atom is 0.145 e. The van der Waals surface area contributed by atoms with Crippen LogP contribution in [0.5, 0.6) is 0 Å². The number of nitrogens with zero attached hydrogens (tertiary/aromatic N) is 4. The summed E-state index contributed by atoms with van der Waals surface area (Å²) in [7, 11) is 0. The third-order valence-electron chi connectivity index (χ3n) is 8.06. The monoisotopic (exact) mass is 425 g/mol. The molecule has 6 N–H and O–H groups in total. The maximum atomic E-state index is 10.9. The lowest BCUT2D eigenvalue weighted by molar-refractivity contribution is -0.0146. The van der Waals surface area contributed by atoms with E-state index < -0.39 is 0 Å². The Labute approximate surface area is 183 Å². The molecule has 3 fully saturated rings. The standard InChI is InChI=1S/C23H35N7O/c24-21(25)5-4-14-8-17(9-14)30(16-2-1-3-16)12-15-10-18(11-20(15)31)29-7-6-19-22(26)27-13-28-23(19)29/h6-7,13-18,20,31H,1-5,8-12H2,(H3,24,25)(H2,26,27,28). The van der Waals surface area contributed by atoms with E-state index in [2.05, 4.69) is 19.4 Å². The van der Waals surface area contributed by atoms with Crippen LogP contribution in [-0.2, 0) is 0 Å². The van der Waals surface area contributed by atoms with Crippen LogP contribution in [0.4, 0.5) is 5.82 Å². The molecule has 0 amide bonds. The summed E-state index contributed by atoms with van der Waals surface area (Å²) < 4.78 is 2.19. The van der Waals surface area contributed by atoms with Crippen LogP contribution >= 0.6 is 0 Å². The number of hydrogen-bond acceptors (Lipinski definition) is 6. The van der Waals surface area contributed by atoms with Gasteiger partial charge in [-0.3, -0.25) is 10.3 Å². The Balaban J connectivity index is 1.24. The van der Waals surface area contributed by atoms with Crippen LogP contribution in [-0.4, -0.2) is 55.1 Å². The van der Waals surface area contributed by atoms with Crippen LogP contribution in [0.25, 0.3) is 11.0 Å². The van der Waals surface area contributed by atoms with Crippen molar-refractivity contribution < 1.29 is 5.11 Å². The van der Waals surface area contributed by atoms with Crippen LogP contribution < -0.4 is 11.5 Å². The van der Waals surface area contributed by atoms with Crippen LogP contribution in [0.2, 0.25) is 0 Å². The third kappa shape index (κ3) is 4.03. The minimum atomic E-state index is -0.280. The lowest BCUT2D eigenvalue weighted by Crippen LogP contribution is -2.54. The fourth-order valence-electron chi connectivity index (χ4n) is 5.93. The Kier molecular flexibility index (Phi) is 5.60. The van der Waals surface area contributed by atoms with Gasteiger partial charge in [-0.05, 0) is 62.8 Å². The van der Waals surface area contributed by atoms with E-state index in [0.717, 1.165) is 43.3 Å². The first-order chi connectivity index (χ1) is 15.0. The zero-order chi connectivity index (χ0) is 21.5. The number of amidine groups is 1. The van der Waals surface area contributed by atoms with Crippen molar-refractivity contribution in [2.24, 2.45) is 17.6 Å². The number of nitrogen functional groups attached to an aromatic ring is 1. The predicted molar refractivity (Wildman–Crippen MR) is 122 cm³/mol. The molecule has 3 unspecified atom stereocenters. The highest BCUT2D eigenvalue weighted by atomic mass is 16.3. The van der Waals surface area contributed by atoms with E-state index in [-0.39, 0.29) is 12.1 Å². The molecule has 3 atom stereocenters. The van der Waals surface area contributed by atoms with Crippen LogP contribution in [0, 0.1) is 17.2 Å². The topological polar surface area (TPSA) is 130 Å². The Morgan fingerprint density at radius 1 is 1.19 bits per heavy atom. The first-order valence-electron chi connectivity index (χ1n) is 11.8. The first kappa shape index (κ1) is 20.7. The second-order valence-corrected chi connectivity index (χ2v) is 10.0. The van der Waals surface area contributed by atoms with Gasteiger partial charge in [-0.15, -0.1) is 0 Å². The predicted octanol–water partition coefficient (Wildman–Crippen LogP) is 2.67. The lowest BCUT2D eigenvalue weighted by atomic mass is 9.74. The zero-order valence-electron chi connectivity index (χ0n) is 18.2. The highest BCUT2D eigenvalue weighted by Gasteiger charge is 2.42. The number of fused-ring (bicyclic) bond motifs is 1. The molecule has 5 rings (SSSR count). The van der Waals surface area contributed by atoms with Crippen molar-refractivity contribution in [3.63, 3.8) is 0 Å². The van der Waals surface area contributed by atoms with E-state index in [1.807, 2.05) is 12.3 Å². The van der Waals surface area contributed by atoms with Crippen molar-refractivity contribution in [3.05, 3.63) is 18.6 Å². The number of anilines is 1. The first-order valence-corrected chi connectivity index (χ1v) is 11.8. The normalized spacial score (nSPS) is 31.1. The van der Waals surface area contributed by atoms with Crippen molar-refractivity contribution >= 4 is 22.7 Å². The molecule has 2 heterocycles. The number of rotatable bonds is 8. The molecule has 168 valence electrons. The SMILES string of the molecule is N=C(N)CCC1CC(N(CC2CC(n3ccc4c(N)ncnc43)CC2O)C2CCC2)C1. The van der Waals surface area contributed by atoms with Gasteiger partial charge in [-0.2, -0.15) is 0 Å². The highest BCUT2D eigenvalue weighted by molar-refractivity contribution is 5.86. The van der Waals surface area contributed by atoms with Crippen molar-refractivity contribution in [1.29, 1.82) is 5.41 Å². The average molecular weight is 426 g/mol. The number of nitrogens with one attached hydrogen (secondary N) is 1. The summed E-state index contributed by atoms with van der Waals surface area (Å²) in [5.74, 6) is 1.82. The number of aromatic nitrogens is 3. The van der Waals surface area contributed by atoms with Crippen LogP contribution in [0.1, 0.15) is 63.8 Å². The fraction of sp³-hybridized carbons (Fsp3) is 0.696. The minimum Gasteiger partial charge on any atom is -0.393 e. The van der Waals surface area contributed by atoms with Crippen molar-refractivity contribution in [3.8, 4) is 0 Å². The lowest BCUT2D eigenvalue weighted by Gasteiger charge is -2.50. The molecule has 0 bridgehead atoms. The fourth-order valence-corrected chi connectivity index (χ4v) is 5.93. The van der Waals surface area contributed by atoms with Gasteiger partial charge in [0.1, 0.15) is 17.8 Å². The Morgan fingerprint density at radius 3 is 2.71 bits per heavy atom. The second kappa shape index (κ2) is 8.39. The van der Waals surface area contributed by atoms with E-state index in [9.17, 15) is 5.11 Å². The van der Waals surface area contributed by atoms with Gasteiger partial charge in [0.15, 0.2) is 0 Å². The molecule has 31 heavy (non-hydrogen) atoms. The molecule has 0 aromatic carbocycles. The summed E-state index contributed by atoms with van der Waals surface area (Å²) in [6, 6.07) is 3.55. The van der Waals surface area contributed by atoms with Gasteiger partial charge in [-0.1, -0.05) is 6.42 Å². The van der Waals surface area contributed by atoms with Gasteiger partial charge in [0.25, 0.3) is 0 Å². The molecule has 8 heteroatoms. The Hall–Kier alpha value is -2.19. The summed E-state index contributed by atoms with van der Waals surface area (Å²) in [6.45, 7) is 0.989.